The van der Waals surface area contributed by atoms with Crippen molar-refractivity contribution in [2.45, 2.75) is 18.7 Å². The average Bonchev–Trinajstić information content (AvgIpc) is 2.25. The second kappa shape index (κ2) is 5.66. The Bertz CT molecular complexity index is 352. The molecule has 0 aromatic heterocycles. The molecule has 0 spiro atoms. The van der Waals surface area contributed by atoms with Crippen molar-refractivity contribution in [1.29, 1.82) is 0 Å². The summed E-state index contributed by atoms with van der Waals surface area (Å²) in [5, 5.41) is 11.5. The maximum Gasteiger partial charge on any atom is 0.142 e. The SMILES string of the molecule is Cc1cccc(SCC(C)/C(N)=N/O)c1. The summed E-state index contributed by atoms with van der Waals surface area (Å²) in [6.45, 7) is 4.01. The highest BCUT2D eigenvalue weighted by Gasteiger charge is 2.07. The Morgan fingerprint density at radius 3 is 2.93 bits per heavy atom. The van der Waals surface area contributed by atoms with E-state index < -0.39 is 0 Å². The minimum Gasteiger partial charge on any atom is -0.409 e. The number of nitrogens with zero attached hydrogens (tertiary/aromatic N) is 1. The van der Waals surface area contributed by atoms with E-state index in [1.54, 1.807) is 11.8 Å². The van der Waals surface area contributed by atoms with Gasteiger partial charge < -0.3 is 10.9 Å². The van der Waals surface area contributed by atoms with E-state index in [0.717, 1.165) is 5.75 Å². The van der Waals surface area contributed by atoms with Gasteiger partial charge in [0, 0.05) is 16.6 Å². The van der Waals surface area contributed by atoms with Gasteiger partial charge in [-0.15, -0.1) is 11.8 Å². The van der Waals surface area contributed by atoms with E-state index in [2.05, 4.69) is 30.3 Å². The van der Waals surface area contributed by atoms with Gasteiger partial charge in [0.15, 0.2) is 0 Å². The van der Waals surface area contributed by atoms with Crippen LogP contribution in [0.3, 0.4) is 0 Å². The molecule has 0 saturated carbocycles. The van der Waals surface area contributed by atoms with Gasteiger partial charge in [0.1, 0.15) is 5.84 Å². The van der Waals surface area contributed by atoms with E-state index >= 15 is 0 Å². The number of hydrogen-bond donors (Lipinski definition) is 2. The fraction of sp³-hybridized carbons (Fsp3) is 0.364. The molecule has 0 amide bonds. The van der Waals surface area contributed by atoms with Crippen molar-refractivity contribution in [3.05, 3.63) is 29.8 Å². The molecule has 1 unspecified atom stereocenters. The molecule has 0 fully saturated rings. The van der Waals surface area contributed by atoms with Crippen LogP contribution in [0.1, 0.15) is 12.5 Å². The highest BCUT2D eigenvalue weighted by atomic mass is 32.2. The number of nitrogens with two attached hydrogens (primary N) is 1. The van der Waals surface area contributed by atoms with Crippen LogP contribution in [0, 0.1) is 12.8 Å². The lowest BCUT2D eigenvalue weighted by molar-refractivity contribution is 0.315. The Labute approximate surface area is 94.4 Å². The Kier molecular flexibility index (Phi) is 4.49. The molecule has 0 aliphatic heterocycles. The van der Waals surface area contributed by atoms with Gasteiger partial charge in [0.25, 0.3) is 0 Å². The molecule has 3 nitrogen and oxygen atoms in total. The normalized spacial score (nSPS) is 13.9. The third kappa shape index (κ3) is 3.83. The van der Waals surface area contributed by atoms with Crippen molar-refractivity contribution >= 4 is 17.6 Å². The third-order valence-corrected chi connectivity index (χ3v) is 3.36. The van der Waals surface area contributed by atoms with E-state index in [1.807, 2.05) is 13.0 Å². The number of thioether (sulfide) groups is 1. The molecular formula is C11H16N2OS. The second-order valence-corrected chi connectivity index (χ2v) is 4.65. The molecule has 82 valence electrons. The molecule has 15 heavy (non-hydrogen) atoms. The van der Waals surface area contributed by atoms with Gasteiger partial charge in [0.2, 0.25) is 0 Å². The summed E-state index contributed by atoms with van der Waals surface area (Å²) < 4.78 is 0. The molecular weight excluding hydrogens is 208 g/mol. The molecule has 0 radical (unpaired) electrons. The lowest BCUT2D eigenvalue weighted by atomic mass is 10.2. The molecule has 4 heteroatoms. The van der Waals surface area contributed by atoms with Gasteiger partial charge in [-0.05, 0) is 19.1 Å². The molecule has 1 aromatic rings. The maximum absolute atomic E-state index is 8.50. The smallest absolute Gasteiger partial charge is 0.142 e. The van der Waals surface area contributed by atoms with E-state index in [9.17, 15) is 0 Å². The van der Waals surface area contributed by atoms with Crippen molar-refractivity contribution < 1.29 is 5.21 Å². The summed E-state index contributed by atoms with van der Waals surface area (Å²) in [6.07, 6.45) is 0. The van der Waals surface area contributed by atoms with Crippen LogP contribution in [-0.2, 0) is 0 Å². The zero-order valence-corrected chi connectivity index (χ0v) is 9.79. The highest BCUT2D eigenvalue weighted by molar-refractivity contribution is 7.99. The number of aryl methyl sites for hydroxylation is 1. The molecule has 3 N–H and O–H groups in total. The monoisotopic (exact) mass is 224 g/mol. The fourth-order valence-corrected chi connectivity index (χ4v) is 2.17. The number of rotatable bonds is 4. The quantitative estimate of drug-likeness (QED) is 0.271. The third-order valence-electron chi connectivity index (χ3n) is 2.11. The Morgan fingerprint density at radius 1 is 1.60 bits per heavy atom. The summed E-state index contributed by atoms with van der Waals surface area (Å²) >= 11 is 1.71. The number of oxime groups is 1. The molecule has 0 heterocycles. The van der Waals surface area contributed by atoms with Crippen LogP contribution in [-0.4, -0.2) is 16.8 Å². The second-order valence-electron chi connectivity index (χ2n) is 3.55. The van der Waals surface area contributed by atoms with E-state index in [1.165, 1.54) is 10.5 Å². The molecule has 0 bridgehead atoms. The molecule has 0 aliphatic rings. The van der Waals surface area contributed by atoms with Gasteiger partial charge >= 0.3 is 0 Å². The zero-order chi connectivity index (χ0) is 11.3. The summed E-state index contributed by atoms with van der Waals surface area (Å²) in [6, 6.07) is 8.29. The predicted octanol–water partition coefficient (Wildman–Crippen LogP) is 2.47. The van der Waals surface area contributed by atoms with Crippen LogP contribution >= 0.6 is 11.8 Å². The van der Waals surface area contributed by atoms with Crippen LogP contribution in [0.15, 0.2) is 34.3 Å². The van der Waals surface area contributed by atoms with Crippen molar-refractivity contribution in [2.24, 2.45) is 16.8 Å². The van der Waals surface area contributed by atoms with Crippen LogP contribution in [0.2, 0.25) is 0 Å². The van der Waals surface area contributed by atoms with Crippen molar-refractivity contribution in [3.63, 3.8) is 0 Å². The topological polar surface area (TPSA) is 58.6 Å². The van der Waals surface area contributed by atoms with Gasteiger partial charge in [-0.3, -0.25) is 0 Å². The van der Waals surface area contributed by atoms with Crippen molar-refractivity contribution in [3.8, 4) is 0 Å². The Hall–Kier alpha value is -1.16. The number of amidine groups is 1. The van der Waals surface area contributed by atoms with Crippen molar-refractivity contribution in [2.75, 3.05) is 5.75 Å². The maximum atomic E-state index is 8.50. The molecule has 1 rings (SSSR count). The average molecular weight is 224 g/mol. The van der Waals surface area contributed by atoms with Crippen molar-refractivity contribution in [1.82, 2.24) is 0 Å². The lowest BCUT2D eigenvalue weighted by Gasteiger charge is -2.09. The first-order valence-electron chi connectivity index (χ1n) is 4.80. The minimum atomic E-state index is 0.0838. The zero-order valence-electron chi connectivity index (χ0n) is 8.97. The van der Waals surface area contributed by atoms with Gasteiger partial charge in [0.05, 0.1) is 0 Å². The van der Waals surface area contributed by atoms with Crippen LogP contribution in [0.4, 0.5) is 0 Å². The summed E-state index contributed by atoms with van der Waals surface area (Å²) in [4.78, 5) is 1.22. The summed E-state index contributed by atoms with van der Waals surface area (Å²) in [5.74, 6) is 1.19. The standard InChI is InChI=1S/C11H16N2OS/c1-8-4-3-5-10(6-8)15-7-9(2)11(12)13-14/h3-6,9,14H,7H2,1-2H3,(H2,12,13). The first-order valence-corrected chi connectivity index (χ1v) is 5.79. The largest absolute Gasteiger partial charge is 0.409 e. The van der Waals surface area contributed by atoms with Gasteiger partial charge in [-0.25, -0.2) is 0 Å². The summed E-state index contributed by atoms with van der Waals surface area (Å²) in [5.41, 5.74) is 6.74. The fourth-order valence-electron chi connectivity index (χ4n) is 1.11. The molecule has 0 saturated heterocycles. The Morgan fingerprint density at radius 2 is 2.33 bits per heavy atom. The summed E-state index contributed by atoms with van der Waals surface area (Å²) in [7, 11) is 0. The van der Waals surface area contributed by atoms with Crippen LogP contribution in [0.25, 0.3) is 0 Å². The predicted molar refractivity (Wildman–Crippen MR) is 64.5 cm³/mol. The first-order chi connectivity index (χ1) is 7.13. The van der Waals surface area contributed by atoms with Crippen LogP contribution in [0.5, 0.6) is 0 Å². The first kappa shape index (κ1) is 11.9. The van der Waals surface area contributed by atoms with Crippen LogP contribution < -0.4 is 5.73 Å². The van der Waals surface area contributed by atoms with E-state index in [-0.39, 0.29) is 11.8 Å². The van der Waals surface area contributed by atoms with E-state index in [0.29, 0.717) is 0 Å². The van der Waals surface area contributed by atoms with Gasteiger partial charge in [-0.2, -0.15) is 0 Å². The van der Waals surface area contributed by atoms with Gasteiger partial charge in [-0.1, -0.05) is 29.8 Å². The minimum absolute atomic E-state index is 0.0838. The number of hydrogen-bond acceptors (Lipinski definition) is 3. The molecule has 1 aromatic carbocycles. The highest BCUT2D eigenvalue weighted by Crippen LogP contribution is 2.21. The number of benzene rings is 1. The molecule has 0 aliphatic carbocycles. The van der Waals surface area contributed by atoms with E-state index in [4.69, 9.17) is 10.9 Å². The molecule has 1 atom stereocenters. The lowest BCUT2D eigenvalue weighted by Crippen LogP contribution is -2.22. The Balaban J connectivity index is 2.50.